The number of aromatic nitrogens is 1. The lowest BCUT2D eigenvalue weighted by atomic mass is 10.1. The van der Waals surface area contributed by atoms with Gasteiger partial charge in [0.05, 0.1) is 16.8 Å². The predicted octanol–water partition coefficient (Wildman–Crippen LogP) is 2.43. The first-order valence-electron chi connectivity index (χ1n) is 7.79. The Morgan fingerprint density at radius 2 is 2.25 bits per heavy atom. The van der Waals surface area contributed by atoms with Crippen molar-refractivity contribution in [1.82, 2.24) is 9.88 Å². The lowest BCUT2D eigenvalue weighted by Gasteiger charge is -2.31. The van der Waals surface area contributed by atoms with Crippen LogP contribution in [0, 0.1) is 0 Å². The maximum atomic E-state index is 5.84. The zero-order valence-electron chi connectivity index (χ0n) is 12.5. The molecular weight excluding hydrogens is 270 g/mol. The minimum atomic E-state index is 0.434. The summed E-state index contributed by atoms with van der Waals surface area (Å²) in [7, 11) is 0. The normalized spacial score (nSPS) is 17.7. The van der Waals surface area contributed by atoms with Gasteiger partial charge in [0.15, 0.2) is 0 Å². The van der Waals surface area contributed by atoms with E-state index in [-0.39, 0.29) is 0 Å². The Kier molecular flexibility index (Phi) is 6.93. The number of nitrogens with zero attached hydrogens (tertiary/aromatic N) is 2. The van der Waals surface area contributed by atoms with Gasteiger partial charge < -0.3 is 10.5 Å². The molecule has 1 aromatic rings. The fourth-order valence-corrected chi connectivity index (χ4v) is 3.44. The SMILES string of the molecule is CCCc1nc(CN2CCC(OCCCN)CC2)cs1. The van der Waals surface area contributed by atoms with Gasteiger partial charge in [-0.05, 0) is 38.6 Å². The summed E-state index contributed by atoms with van der Waals surface area (Å²) in [4.78, 5) is 7.20. The molecule has 0 aliphatic carbocycles. The molecule has 114 valence electrons. The largest absolute Gasteiger partial charge is 0.378 e. The predicted molar refractivity (Wildman–Crippen MR) is 84.0 cm³/mol. The van der Waals surface area contributed by atoms with Crippen molar-refractivity contribution in [3.05, 3.63) is 16.1 Å². The van der Waals surface area contributed by atoms with Crippen molar-refractivity contribution in [3.8, 4) is 0 Å². The fourth-order valence-electron chi connectivity index (χ4n) is 2.55. The van der Waals surface area contributed by atoms with Gasteiger partial charge in [-0.3, -0.25) is 4.90 Å². The summed E-state index contributed by atoms with van der Waals surface area (Å²) >= 11 is 1.80. The monoisotopic (exact) mass is 297 g/mol. The molecule has 0 radical (unpaired) electrons. The van der Waals surface area contributed by atoms with E-state index in [1.54, 1.807) is 11.3 Å². The van der Waals surface area contributed by atoms with Crippen molar-refractivity contribution in [3.63, 3.8) is 0 Å². The summed E-state index contributed by atoms with van der Waals surface area (Å²) in [5.74, 6) is 0. The zero-order chi connectivity index (χ0) is 14.2. The third-order valence-electron chi connectivity index (χ3n) is 3.69. The van der Waals surface area contributed by atoms with Crippen LogP contribution in [0.25, 0.3) is 0 Å². The molecule has 0 aromatic carbocycles. The first-order chi connectivity index (χ1) is 9.81. The highest BCUT2D eigenvalue weighted by Gasteiger charge is 2.20. The number of thiazole rings is 1. The van der Waals surface area contributed by atoms with E-state index in [1.807, 2.05) is 0 Å². The van der Waals surface area contributed by atoms with E-state index in [1.165, 1.54) is 17.1 Å². The number of likely N-dealkylation sites (tertiary alicyclic amines) is 1. The second-order valence-corrected chi connectivity index (χ2v) is 6.41. The van der Waals surface area contributed by atoms with Crippen molar-refractivity contribution in [1.29, 1.82) is 0 Å². The number of nitrogens with two attached hydrogens (primary N) is 1. The Bertz CT molecular complexity index is 375. The molecule has 0 bridgehead atoms. The van der Waals surface area contributed by atoms with Crippen molar-refractivity contribution in [2.24, 2.45) is 5.73 Å². The van der Waals surface area contributed by atoms with E-state index in [4.69, 9.17) is 15.5 Å². The third-order valence-corrected chi connectivity index (χ3v) is 4.64. The van der Waals surface area contributed by atoms with Gasteiger partial charge >= 0.3 is 0 Å². The van der Waals surface area contributed by atoms with Crippen molar-refractivity contribution in [2.45, 2.75) is 51.7 Å². The molecule has 1 aliphatic rings. The topological polar surface area (TPSA) is 51.4 Å². The van der Waals surface area contributed by atoms with E-state index in [2.05, 4.69) is 17.2 Å². The fraction of sp³-hybridized carbons (Fsp3) is 0.800. The summed E-state index contributed by atoms with van der Waals surface area (Å²) in [6.07, 6.45) is 5.97. The molecule has 1 aliphatic heterocycles. The first kappa shape index (κ1) is 15.9. The van der Waals surface area contributed by atoms with Gasteiger partial charge in [-0.2, -0.15) is 0 Å². The van der Waals surface area contributed by atoms with Crippen LogP contribution in [-0.2, 0) is 17.7 Å². The van der Waals surface area contributed by atoms with Crippen molar-refractivity contribution in [2.75, 3.05) is 26.2 Å². The molecule has 1 aromatic heterocycles. The van der Waals surface area contributed by atoms with E-state index in [9.17, 15) is 0 Å². The highest BCUT2D eigenvalue weighted by Crippen LogP contribution is 2.18. The summed E-state index contributed by atoms with van der Waals surface area (Å²) in [5.41, 5.74) is 6.72. The summed E-state index contributed by atoms with van der Waals surface area (Å²) < 4.78 is 5.84. The van der Waals surface area contributed by atoms with Crippen LogP contribution in [0.5, 0.6) is 0 Å². The van der Waals surface area contributed by atoms with Crippen LogP contribution in [0.2, 0.25) is 0 Å². The van der Waals surface area contributed by atoms with Gasteiger partial charge in [0, 0.05) is 31.6 Å². The van der Waals surface area contributed by atoms with Crippen LogP contribution in [0.1, 0.15) is 43.3 Å². The molecule has 1 fully saturated rings. The second kappa shape index (κ2) is 8.72. The lowest BCUT2D eigenvalue weighted by molar-refractivity contribution is 0.00543. The number of hydrogen-bond acceptors (Lipinski definition) is 5. The Morgan fingerprint density at radius 3 is 2.95 bits per heavy atom. The van der Waals surface area contributed by atoms with Crippen LogP contribution < -0.4 is 5.73 Å². The maximum Gasteiger partial charge on any atom is 0.0928 e. The zero-order valence-corrected chi connectivity index (χ0v) is 13.3. The molecule has 5 heteroatoms. The molecule has 1 saturated heterocycles. The van der Waals surface area contributed by atoms with Gasteiger partial charge in [0.2, 0.25) is 0 Å². The van der Waals surface area contributed by atoms with Crippen LogP contribution in [-0.4, -0.2) is 42.2 Å². The Hall–Kier alpha value is -0.490. The van der Waals surface area contributed by atoms with Crippen LogP contribution in [0.4, 0.5) is 0 Å². The Morgan fingerprint density at radius 1 is 1.45 bits per heavy atom. The molecular formula is C15H27N3OS. The van der Waals surface area contributed by atoms with E-state index in [0.29, 0.717) is 6.10 Å². The van der Waals surface area contributed by atoms with Gasteiger partial charge in [-0.1, -0.05) is 6.92 Å². The average molecular weight is 297 g/mol. The second-order valence-electron chi connectivity index (χ2n) is 5.47. The number of aryl methyl sites for hydroxylation is 1. The van der Waals surface area contributed by atoms with Crippen LogP contribution in [0.15, 0.2) is 5.38 Å². The Balaban J connectivity index is 1.68. The number of piperidine rings is 1. The van der Waals surface area contributed by atoms with E-state index in [0.717, 1.165) is 58.5 Å². The molecule has 0 saturated carbocycles. The quantitative estimate of drug-likeness (QED) is 0.749. The van der Waals surface area contributed by atoms with Gasteiger partial charge in [0.25, 0.3) is 0 Å². The van der Waals surface area contributed by atoms with E-state index >= 15 is 0 Å². The maximum absolute atomic E-state index is 5.84. The highest BCUT2D eigenvalue weighted by molar-refractivity contribution is 7.09. The van der Waals surface area contributed by atoms with Crippen LogP contribution >= 0.6 is 11.3 Å². The summed E-state index contributed by atoms with van der Waals surface area (Å²) in [6.45, 7) is 6.98. The van der Waals surface area contributed by atoms with E-state index < -0.39 is 0 Å². The smallest absolute Gasteiger partial charge is 0.0928 e. The molecule has 20 heavy (non-hydrogen) atoms. The number of ether oxygens (including phenoxy) is 1. The Labute approximate surface area is 126 Å². The molecule has 0 spiro atoms. The third kappa shape index (κ3) is 5.13. The molecule has 2 N–H and O–H groups in total. The minimum absolute atomic E-state index is 0.434. The first-order valence-corrected chi connectivity index (χ1v) is 8.67. The molecule has 2 heterocycles. The lowest BCUT2D eigenvalue weighted by Crippen LogP contribution is -2.36. The standard InChI is InChI=1S/C15H27N3OS/c1-2-4-15-17-13(12-20-15)11-18-8-5-14(6-9-18)19-10-3-7-16/h12,14H,2-11,16H2,1H3. The van der Waals surface area contributed by atoms with Gasteiger partial charge in [-0.15, -0.1) is 11.3 Å². The molecule has 0 atom stereocenters. The molecule has 4 nitrogen and oxygen atoms in total. The van der Waals surface area contributed by atoms with Gasteiger partial charge in [0.1, 0.15) is 0 Å². The molecule has 0 unspecified atom stereocenters. The molecule has 0 amide bonds. The van der Waals surface area contributed by atoms with Crippen molar-refractivity contribution >= 4 is 11.3 Å². The number of hydrogen-bond donors (Lipinski definition) is 1. The summed E-state index contributed by atoms with van der Waals surface area (Å²) in [5, 5.41) is 3.50. The summed E-state index contributed by atoms with van der Waals surface area (Å²) in [6, 6.07) is 0. The van der Waals surface area contributed by atoms with Crippen molar-refractivity contribution < 1.29 is 4.74 Å². The average Bonchev–Trinajstić information content (AvgIpc) is 2.89. The highest BCUT2D eigenvalue weighted by atomic mass is 32.1. The molecule has 2 rings (SSSR count). The van der Waals surface area contributed by atoms with Gasteiger partial charge in [-0.25, -0.2) is 4.98 Å². The van der Waals surface area contributed by atoms with Crippen LogP contribution in [0.3, 0.4) is 0 Å². The number of rotatable bonds is 8. The minimum Gasteiger partial charge on any atom is -0.378 e.